The van der Waals surface area contributed by atoms with Gasteiger partial charge in [0.15, 0.2) is 11.6 Å². The standard InChI is InChI=1S/C17H19FN6O/c1-12-9-16(24-17(21-12)19-11-20-24)23-7-5-22(6-8-23)13-3-4-15(25-2)14(18)10-13/h3-4,9-11H,5-8H2,1-2H3. The highest BCUT2D eigenvalue weighted by Gasteiger charge is 2.21. The Kier molecular flexibility index (Phi) is 3.87. The van der Waals surface area contributed by atoms with E-state index in [4.69, 9.17) is 4.74 Å². The zero-order valence-electron chi connectivity index (χ0n) is 14.2. The highest BCUT2D eigenvalue weighted by Crippen LogP contribution is 2.25. The van der Waals surface area contributed by atoms with Crippen LogP contribution in [0.25, 0.3) is 5.78 Å². The average molecular weight is 342 g/mol. The molecule has 3 aromatic rings. The summed E-state index contributed by atoms with van der Waals surface area (Å²) in [5, 5.41) is 4.27. The van der Waals surface area contributed by atoms with Crippen molar-refractivity contribution in [2.45, 2.75) is 6.92 Å². The summed E-state index contributed by atoms with van der Waals surface area (Å²) < 4.78 is 20.7. The van der Waals surface area contributed by atoms with Gasteiger partial charge in [0.2, 0.25) is 0 Å². The van der Waals surface area contributed by atoms with Gasteiger partial charge in [-0.15, -0.1) is 0 Å². The monoisotopic (exact) mass is 342 g/mol. The summed E-state index contributed by atoms with van der Waals surface area (Å²) in [6.45, 7) is 5.17. The molecular formula is C17H19FN6O. The van der Waals surface area contributed by atoms with Crippen LogP contribution in [0.4, 0.5) is 15.9 Å². The molecule has 130 valence electrons. The van der Waals surface area contributed by atoms with Crippen molar-refractivity contribution < 1.29 is 9.13 Å². The maximum absolute atomic E-state index is 13.9. The maximum atomic E-state index is 13.9. The fourth-order valence-corrected chi connectivity index (χ4v) is 3.18. The van der Waals surface area contributed by atoms with Gasteiger partial charge in [-0.1, -0.05) is 0 Å². The van der Waals surface area contributed by atoms with Gasteiger partial charge in [-0.05, 0) is 19.1 Å². The number of fused-ring (bicyclic) bond motifs is 1. The number of hydrogen-bond acceptors (Lipinski definition) is 6. The summed E-state index contributed by atoms with van der Waals surface area (Å²) in [6, 6.07) is 7.11. The fourth-order valence-electron chi connectivity index (χ4n) is 3.18. The first-order valence-corrected chi connectivity index (χ1v) is 8.16. The third kappa shape index (κ3) is 2.84. The van der Waals surface area contributed by atoms with Crippen molar-refractivity contribution in [1.82, 2.24) is 19.6 Å². The van der Waals surface area contributed by atoms with Crippen molar-refractivity contribution in [2.75, 3.05) is 43.1 Å². The smallest absolute Gasteiger partial charge is 0.254 e. The summed E-state index contributed by atoms with van der Waals surface area (Å²) >= 11 is 0. The Bertz CT molecular complexity index is 903. The zero-order valence-corrected chi connectivity index (χ0v) is 14.2. The minimum absolute atomic E-state index is 0.267. The molecule has 8 heteroatoms. The summed E-state index contributed by atoms with van der Waals surface area (Å²) in [5.74, 6) is 1.52. The van der Waals surface area contributed by atoms with E-state index in [0.717, 1.165) is 43.4 Å². The van der Waals surface area contributed by atoms with E-state index >= 15 is 0 Å². The molecule has 1 fully saturated rings. The number of halogens is 1. The molecule has 1 aliphatic heterocycles. The molecule has 0 spiro atoms. The average Bonchev–Trinajstić information content (AvgIpc) is 3.09. The third-order valence-electron chi connectivity index (χ3n) is 4.47. The second-order valence-corrected chi connectivity index (χ2v) is 6.02. The predicted octanol–water partition coefficient (Wildman–Crippen LogP) is 1.91. The van der Waals surface area contributed by atoms with Crippen LogP contribution in [0.5, 0.6) is 5.75 Å². The van der Waals surface area contributed by atoms with Crippen LogP contribution in [0.3, 0.4) is 0 Å². The summed E-state index contributed by atoms with van der Waals surface area (Å²) in [5.41, 5.74) is 1.78. The van der Waals surface area contributed by atoms with E-state index in [9.17, 15) is 4.39 Å². The van der Waals surface area contributed by atoms with Crippen LogP contribution in [0, 0.1) is 12.7 Å². The van der Waals surface area contributed by atoms with E-state index in [1.54, 1.807) is 10.6 Å². The number of aryl methyl sites for hydroxylation is 1. The Morgan fingerprint density at radius 2 is 1.84 bits per heavy atom. The Labute approximate surface area is 144 Å². The Hall–Kier alpha value is -2.90. The van der Waals surface area contributed by atoms with Crippen LogP contribution in [0.1, 0.15) is 5.69 Å². The molecule has 2 aromatic heterocycles. The van der Waals surface area contributed by atoms with Crippen LogP contribution >= 0.6 is 0 Å². The lowest BCUT2D eigenvalue weighted by atomic mass is 10.2. The van der Waals surface area contributed by atoms with E-state index in [0.29, 0.717) is 5.78 Å². The highest BCUT2D eigenvalue weighted by molar-refractivity contribution is 5.53. The minimum Gasteiger partial charge on any atom is -0.494 e. The number of piperazine rings is 1. The van der Waals surface area contributed by atoms with Crippen molar-refractivity contribution in [3.05, 3.63) is 42.1 Å². The first-order valence-electron chi connectivity index (χ1n) is 8.16. The number of ether oxygens (including phenoxy) is 1. The van der Waals surface area contributed by atoms with E-state index in [1.807, 2.05) is 19.1 Å². The largest absolute Gasteiger partial charge is 0.494 e. The van der Waals surface area contributed by atoms with Gasteiger partial charge in [-0.25, -0.2) is 9.37 Å². The molecule has 1 saturated heterocycles. The maximum Gasteiger partial charge on any atom is 0.254 e. The SMILES string of the molecule is COc1ccc(N2CCN(c3cc(C)nc4ncnn34)CC2)cc1F. The lowest BCUT2D eigenvalue weighted by Crippen LogP contribution is -2.47. The number of hydrogen-bond donors (Lipinski definition) is 0. The number of anilines is 2. The Morgan fingerprint density at radius 3 is 2.56 bits per heavy atom. The number of nitrogens with zero attached hydrogens (tertiary/aromatic N) is 6. The second-order valence-electron chi connectivity index (χ2n) is 6.02. The summed E-state index contributed by atoms with van der Waals surface area (Å²) in [4.78, 5) is 13.0. The van der Waals surface area contributed by atoms with Gasteiger partial charge in [0, 0.05) is 49.7 Å². The molecule has 3 heterocycles. The van der Waals surface area contributed by atoms with Gasteiger partial charge in [0.05, 0.1) is 7.11 Å². The summed E-state index contributed by atoms with van der Waals surface area (Å²) in [6.07, 6.45) is 1.52. The van der Waals surface area contributed by atoms with Gasteiger partial charge in [0.1, 0.15) is 12.1 Å². The Morgan fingerprint density at radius 1 is 1.08 bits per heavy atom. The van der Waals surface area contributed by atoms with Crippen LogP contribution in [0.15, 0.2) is 30.6 Å². The van der Waals surface area contributed by atoms with Gasteiger partial charge < -0.3 is 14.5 Å². The highest BCUT2D eigenvalue weighted by atomic mass is 19.1. The molecule has 1 aliphatic rings. The number of benzene rings is 1. The molecule has 0 unspecified atom stereocenters. The summed E-state index contributed by atoms with van der Waals surface area (Å²) in [7, 11) is 1.47. The van der Waals surface area contributed by atoms with Crippen molar-refractivity contribution in [3.8, 4) is 5.75 Å². The molecule has 7 nitrogen and oxygen atoms in total. The molecule has 0 amide bonds. The lowest BCUT2D eigenvalue weighted by molar-refractivity contribution is 0.386. The van der Waals surface area contributed by atoms with E-state index in [2.05, 4.69) is 24.9 Å². The van der Waals surface area contributed by atoms with Crippen LogP contribution < -0.4 is 14.5 Å². The van der Waals surface area contributed by atoms with E-state index in [-0.39, 0.29) is 11.6 Å². The first kappa shape index (κ1) is 15.6. The van der Waals surface area contributed by atoms with Gasteiger partial charge >= 0.3 is 0 Å². The molecule has 1 aromatic carbocycles. The van der Waals surface area contributed by atoms with Crippen molar-refractivity contribution in [3.63, 3.8) is 0 Å². The van der Waals surface area contributed by atoms with Gasteiger partial charge in [-0.3, -0.25) is 0 Å². The Balaban J connectivity index is 1.53. The molecule has 25 heavy (non-hydrogen) atoms. The third-order valence-corrected chi connectivity index (χ3v) is 4.47. The van der Waals surface area contributed by atoms with Crippen molar-refractivity contribution in [1.29, 1.82) is 0 Å². The van der Waals surface area contributed by atoms with Gasteiger partial charge in [-0.2, -0.15) is 14.6 Å². The van der Waals surface area contributed by atoms with Crippen LogP contribution in [-0.4, -0.2) is 52.9 Å². The van der Waals surface area contributed by atoms with Crippen LogP contribution in [-0.2, 0) is 0 Å². The molecule has 0 atom stereocenters. The molecule has 0 N–H and O–H groups in total. The fraction of sp³-hybridized carbons (Fsp3) is 0.353. The second kappa shape index (κ2) is 6.19. The van der Waals surface area contributed by atoms with Crippen LogP contribution in [0.2, 0.25) is 0 Å². The first-order chi connectivity index (χ1) is 12.2. The molecule has 4 rings (SSSR count). The number of methoxy groups -OCH3 is 1. The number of rotatable bonds is 3. The predicted molar refractivity (Wildman–Crippen MR) is 92.9 cm³/mol. The van der Waals surface area contributed by atoms with E-state index < -0.39 is 0 Å². The van der Waals surface area contributed by atoms with Gasteiger partial charge in [0.25, 0.3) is 5.78 Å². The molecule has 0 saturated carbocycles. The minimum atomic E-state index is -0.337. The lowest BCUT2D eigenvalue weighted by Gasteiger charge is -2.37. The molecular weight excluding hydrogens is 323 g/mol. The quantitative estimate of drug-likeness (QED) is 0.725. The molecule has 0 aliphatic carbocycles. The van der Waals surface area contributed by atoms with Crippen molar-refractivity contribution >= 4 is 17.3 Å². The zero-order chi connectivity index (χ0) is 17.4. The normalized spacial score (nSPS) is 15.0. The molecule has 0 radical (unpaired) electrons. The molecule has 0 bridgehead atoms. The topological polar surface area (TPSA) is 58.8 Å². The van der Waals surface area contributed by atoms with E-state index in [1.165, 1.54) is 19.5 Å². The number of aromatic nitrogens is 4. The van der Waals surface area contributed by atoms with Crippen molar-refractivity contribution in [2.24, 2.45) is 0 Å².